The summed E-state index contributed by atoms with van der Waals surface area (Å²) in [5, 5.41) is 6.42. The van der Waals surface area contributed by atoms with Crippen LogP contribution in [0.3, 0.4) is 0 Å². The summed E-state index contributed by atoms with van der Waals surface area (Å²) in [4.78, 5) is 0. The fraction of sp³-hybridized carbons (Fsp3) is 0.500. The monoisotopic (exact) mass is 121 g/mol. The van der Waals surface area contributed by atoms with Crippen LogP contribution >= 0.6 is 15.9 Å². The van der Waals surface area contributed by atoms with Gasteiger partial charge in [0.15, 0.2) is 0 Å². The van der Waals surface area contributed by atoms with Crippen LogP contribution in [0.25, 0.3) is 0 Å². The van der Waals surface area contributed by atoms with Crippen LogP contribution in [0.5, 0.6) is 0 Å². The van der Waals surface area contributed by atoms with Gasteiger partial charge in [-0.15, -0.1) is 0 Å². The van der Waals surface area contributed by atoms with E-state index in [9.17, 15) is 0 Å². The van der Waals surface area contributed by atoms with Crippen LogP contribution in [0.2, 0.25) is 0 Å². The second-order valence-electron chi connectivity index (χ2n) is 0.533. The summed E-state index contributed by atoms with van der Waals surface area (Å²) >= 11 is 2.85. The van der Waals surface area contributed by atoms with Gasteiger partial charge in [0.2, 0.25) is 0 Å². The molecule has 2 heteroatoms. The third-order valence-corrected chi connectivity index (χ3v) is 0. The molecule has 0 saturated heterocycles. The average Bonchev–Trinajstić information content (AvgIpc) is 0.811. The molecule has 0 bridgehead atoms. The van der Waals surface area contributed by atoms with Gasteiger partial charge in [0.1, 0.15) is 0 Å². The van der Waals surface area contributed by atoms with Crippen molar-refractivity contribution in [1.82, 2.24) is 0 Å². The van der Waals surface area contributed by atoms with Gasteiger partial charge in [0.25, 0.3) is 0 Å². The molecule has 1 N–H and O–H groups in total. The van der Waals surface area contributed by atoms with Gasteiger partial charge in [-0.25, -0.2) is 0 Å². The van der Waals surface area contributed by atoms with E-state index in [-0.39, 0.29) is 0 Å². The standard InChI is InChI=1S/C2H4BrN/c1-2(3)4/h4H,1H3. The Morgan fingerprint density at radius 3 is 2.00 bits per heavy atom. The molecule has 0 radical (unpaired) electrons. The van der Waals surface area contributed by atoms with Crippen molar-refractivity contribution in [2.45, 2.75) is 6.92 Å². The molecule has 0 amide bonds. The zero-order valence-corrected chi connectivity index (χ0v) is 3.96. The molecule has 0 unspecified atom stereocenters. The van der Waals surface area contributed by atoms with Crippen molar-refractivity contribution < 1.29 is 0 Å². The summed E-state index contributed by atoms with van der Waals surface area (Å²) in [6, 6.07) is 0. The van der Waals surface area contributed by atoms with E-state index in [1.54, 1.807) is 6.92 Å². The molecule has 4 heavy (non-hydrogen) atoms. The van der Waals surface area contributed by atoms with Crippen LogP contribution in [0.1, 0.15) is 6.92 Å². The number of hydrogen-bond donors (Lipinski definition) is 1. The van der Waals surface area contributed by atoms with Gasteiger partial charge in [-0.3, -0.25) is 5.41 Å². The van der Waals surface area contributed by atoms with Crippen molar-refractivity contribution >= 4 is 20.6 Å². The fourth-order valence-electron chi connectivity index (χ4n) is 0. The molecule has 0 atom stereocenters. The summed E-state index contributed by atoms with van der Waals surface area (Å²) in [6.07, 6.45) is 0. The normalized spacial score (nSPS) is 6.50. The maximum atomic E-state index is 6.42. The van der Waals surface area contributed by atoms with Crippen LogP contribution in [-0.4, -0.2) is 4.62 Å². The first-order valence-electron chi connectivity index (χ1n) is 0.939. The van der Waals surface area contributed by atoms with E-state index in [2.05, 4.69) is 15.9 Å². The van der Waals surface area contributed by atoms with E-state index in [4.69, 9.17) is 5.41 Å². The molecular weight excluding hydrogens is 118 g/mol. The van der Waals surface area contributed by atoms with Crippen LogP contribution in [0.4, 0.5) is 0 Å². The highest BCUT2D eigenvalue weighted by Crippen LogP contribution is 1.75. The largest absolute Gasteiger partial charge is 0.298 e. The third-order valence-electron chi connectivity index (χ3n) is 0. The lowest BCUT2D eigenvalue weighted by Crippen LogP contribution is -1.57. The lowest BCUT2D eigenvalue weighted by molar-refractivity contribution is 1.54. The first kappa shape index (κ1) is 4.15. The highest BCUT2D eigenvalue weighted by atomic mass is 79.9. The Kier molecular flexibility index (Phi) is 1.52. The number of nitrogens with one attached hydrogen (secondary N) is 1. The minimum absolute atomic E-state index is 0.479. The van der Waals surface area contributed by atoms with Crippen molar-refractivity contribution in [3.63, 3.8) is 0 Å². The van der Waals surface area contributed by atoms with Gasteiger partial charge in [0, 0.05) is 0 Å². The zero-order valence-electron chi connectivity index (χ0n) is 2.38. The molecule has 24 valence electrons. The van der Waals surface area contributed by atoms with Gasteiger partial charge in [-0.2, -0.15) is 0 Å². The van der Waals surface area contributed by atoms with Gasteiger partial charge in [-0.05, 0) is 22.9 Å². The predicted molar refractivity (Wildman–Crippen MR) is 22.3 cm³/mol. The minimum Gasteiger partial charge on any atom is -0.298 e. The molecule has 0 aromatic rings. The predicted octanol–water partition coefficient (Wildman–Crippen LogP) is 1.38. The number of hydrogen-bond acceptors (Lipinski definition) is 1. The minimum atomic E-state index is 0.479. The molecule has 0 rings (SSSR count). The smallest absolute Gasteiger partial charge is 0.0708 e. The summed E-state index contributed by atoms with van der Waals surface area (Å²) in [7, 11) is 0. The van der Waals surface area contributed by atoms with Crippen LogP contribution < -0.4 is 0 Å². The highest BCUT2D eigenvalue weighted by Gasteiger charge is 1.58. The number of halogens is 1. The quantitative estimate of drug-likeness (QED) is 0.469. The topological polar surface area (TPSA) is 23.9 Å². The molecule has 0 aromatic carbocycles. The first-order chi connectivity index (χ1) is 1.73. The Bertz CT molecular complexity index is 29.0. The lowest BCUT2D eigenvalue weighted by Gasteiger charge is -1.59. The van der Waals surface area contributed by atoms with E-state index in [1.807, 2.05) is 0 Å². The van der Waals surface area contributed by atoms with Crippen LogP contribution in [-0.2, 0) is 0 Å². The Balaban J connectivity index is 2.80. The van der Waals surface area contributed by atoms with Gasteiger partial charge < -0.3 is 0 Å². The maximum absolute atomic E-state index is 6.42. The first-order valence-corrected chi connectivity index (χ1v) is 1.73. The Morgan fingerprint density at radius 2 is 2.00 bits per heavy atom. The summed E-state index contributed by atoms with van der Waals surface area (Å²) in [5.41, 5.74) is 0. The molecule has 0 heterocycles. The second-order valence-corrected chi connectivity index (χ2v) is 1.72. The van der Waals surface area contributed by atoms with Gasteiger partial charge >= 0.3 is 0 Å². The van der Waals surface area contributed by atoms with E-state index in [0.29, 0.717) is 4.62 Å². The zero-order chi connectivity index (χ0) is 3.58. The molecule has 0 aliphatic heterocycles. The van der Waals surface area contributed by atoms with Gasteiger partial charge in [0.05, 0.1) is 4.62 Å². The molecule has 0 saturated carbocycles. The van der Waals surface area contributed by atoms with Crippen molar-refractivity contribution in [2.24, 2.45) is 0 Å². The fourth-order valence-corrected chi connectivity index (χ4v) is 0. The summed E-state index contributed by atoms with van der Waals surface area (Å²) in [5.74, 6) is 0. The molecule has 0 aliphatic carbocycles. The van der Waals surface area contributed by atoms with E-state index < -0.39 is 0 Å². The molecule has 0 spiro atoms. The Labute approximate surface area is 33.7 Å². The van der Waals surface area contributed by atoms with Crippen LogP contribution in [0, 0.1) is 5.41 Å². The van der Waals surface area contributed by atoms with Crippen molar-refractivity contribution in [2.75, 3.05) is 0 Å². The summed E-state index contributed by atoms with van der Waals surface area (Å²) in [6.45, 7) is 1.67. The second kappa shape index (κ2) is 1.47. The summed E-state index contributed by atoms with van der Waals surface area (Å²) < 4.78 is 0.479. The van der Waals surface area contributed by atoms with E-state index in [1.165, 1.54) is 0 Å². The maximum Gasteiger partial charge on any atom is 0.0708 e. The third kappa shape index (κ3) is 126. The molecule has 0 fully saturated rings. The van der Waals surface area contributed by atoms with E-state index in [0.717, 1.165) is 0 Å². The van der Waals surface area contributed by atoms with Gasteiger partial charge in [-0.1, -0.05) is 0 Å². The van der Waals surface area contributed by atoms with Crippen LogP contribution in [0.15, 0.2) is 0 Å². The Hall–Kier alpha value is 0.150. The lowest BCUT2D eigenvalue weighted by atomic mass is 10.9. The highest BCUT2D eigenvalue weighted by molar-refractivity contribution is 9.18. The average molecular weight is 122 g/mol. The van der Waals surface area contributed by atoms with Crippen molar-refractivity contribution in [1.29, 1.82) is 5.41 Å². The molecular formula is C2H4BrN. The molecule has 0 aliphatic rings. The molecule has 1 nitrogen and oxygen atoms in total. The van der Waals surface area contributed by atoms with E-state index >= 15 is 0 Å². The Morgan fingerprint density at radius 1 is 2.00 bits per heavy atom. The van der Waals surface area contributed by atoms with Crippen molar-refractivity contribution in [3.8, 4) is 0 Å². The number of rotatable bonds is 0. The van der Waals surface area contributed by atoms with Crippen molar-refractivity contribution in [3.05, 3.63) is 0 Å². The molecule has 0 aromatic heterocycles. The SMILES string of the molecule is CC(=N)Br.